The molecule has 2 fully saturated rings. The first-order valence-electron chi connectivity index (χ1n) is 8.63. The summed E-state index contributed by atoms with van der Waals surface area (Å²) >= 11 is 0. The third kappa shape index (κ3) is 3.67. The molecule has 0 bridgehead atoms. The zero-order valence-electron chi connectivity index (χ0n) is 14.5. The maximum Gasteiger partial charge on any atom is 0.337 e. The summed E-state index contributed by atoms with van der Waals surface area (Å²) in [5.74, 6) is -0.935. The minimum absolute atomic E-state index is 0.112. The highest BCUT2D eigenvalue weighted by atomic mass is 16.5. The monoisotopic (exact) mass is 345 g/mol. The molecule has 1 aromatic rings. The summed E-state index contributed by atoms with van der Waals surface area (Å²) in [7, 11) is 1.34. The van der Waals surface area contributed by atoms with Crippen LogP contribution in [0.1, 0.15) is 54.9 Å². The number of esters is 2. The van der Waals surface area contributed by atoms with E-state index in [-0.39, 0.29) is 17.8 Å². The Kier molecular flexibility index (Phi) is 4.79. The average molecular weight is 345 g/mol. The molecule has 1 amide bonds. The Bertz CT molecular complexity index is 674. The van der Waals surface area contributed by atoms with E-state index in [0.717, 1.165) is 37.7 Å². The lowest BCUT2D eigenvalue weighted by Gasteiger charge is -2.33. The summed E-state index contributed by atoms with van der Waals surface area (Å²) in [6.45, 7) is 1.33. The number of methoxy groups -OCH3 is 1. The van der Waals surface area contributed by atoms with Gasteiger partial charge in [-0.3, -0.25) is 9.59 Å². The molecule has 0 aliphatic heterocycles. The van der Waals surface area contributed by atoms with Gasteiger partial charge >= 0.3 is 11.9 Å². The van der Waals surface area contributed by atoms with Crippen molar-refractivity contribution in [1.29, 1.82) is 0 Å². The molecule has 1 aromatic carbocycles. The molecule has 0 aromatic heterocycles. The molecule has 0 saturated heterocycles. The van der Waals surface area contributed by atoms with Gasteiger partial charge in [-0.1, -0.05) is 18.6 Å². The van der Waals surface area contributed by atoms with Gasteiger partial charge in [-0.25, -0.2) is 4.79 Å². The van der Waals surface area contributed by atoms with Crippen molar-refractivity contribution in [2.24, 2.45) is 5.92 Å². The Morgan fingerprint density at radius 1 is 1.16 bits per heavy atom. The fraction of sp³-hybridized carbons (Fsp3) is 0.526. The van der Waals surface area contributed by atoms with Crippen LogP contribution in [0, 0.1) is 5.92 Å². The number of amides is 1. The Labute approximate surface area is 146 Å². The van der Waals surface area contributed by atoms with E-state index in [2.05, 4.69) is 5.32 Å². The van der Waals surface area contributed by atoms with Crippen molar-refractivity contribution in [2.45, 2.75) is 50.7 Å². The number of hydrogen-bond donors (Lipinski definition) is 1. The highest BCUT2D eigenvalue weighted by Gasteiger charge is 2.48. The molecule has 6 nitrogen and oxygen atoms in total. The second-order valence-corrected chi connectivity index (χ2v) is 6.86. The van der Waals surface area contributed by atoms with E-state index in [9.17, 15) is 14.4 Å². The van der Waals surface area contributed by atoms with Gasteiger partial charge in [0.05, 0.1) is 18.2 Å². The third-order valence-electron chi connectivity index (χ3n) is 5.10. The minimum atomic E-state index is -0.710. The first kappa shape index (κ1) is 17.5. The van der Waals surface area contributed by atoms with Crippen LogP contribution in [-0.2, 0) is 24.6 Å². The highest BCUT2D eigenvalue weighted by Crippen LogP contribution is 2.46. The van der Waals surface area contributed by atoms with E-state index in [1.807, 2.05) is 12.1 Å². The Morgan fingerprint density at radius 3 is 2.24 bits per heavy atom. The maximum absolute atomic E-state index is 12.7. The van der Waals surface area contributed by atoms with Crippen LogP contribution in [0.4, 0.5) is 0 Å². The van der Waals surface area contributed by atoms with Crippen LogP contribution in [0.5, 0.6) is 0 Å². The number of carbonyl (C=O) groups excluding carboxylic acids is 3. The van der Waals surface area contributed by atoms with Crippen LogP contribution in [-0.4, -0.2) is 31.1 Å². The summed E-state index contributed by atoms with van der Waals surface area (Å²) in [5.41, 5.74) is 0.998. The van der Waals surface area contributed by atoms with Crippen molar-refractivity contribution in [1.82, 2.24) is 5.32 Å². The van der Waals surface area contributed by atoms with Gasteiger partial charge in [0.15, 0.2) is 6.10 Å². The van der Waals surface area contributed by atoms with Gasteiger partial charge < -0.3 is 14.8 Å². The molecule has 2 aliphatic rings. The van der Waals surface area contributed by atoms with Crippen molar-refractivity contribution in [2.75, 3.05) is 7.11 Å². The summed E-state index contributed by atoms with van der Waals surface area (Å²) in [4.78, 5) is 35.6. The normalized spacial score (nSPS) is 19.3. The molecule has 1 atom stereocenters. The molecular weight excluding hydrogens is 322 g/mol. The van der Waals surface area contributed by atoms with Gasteiger partial charge in [0.2, 0.25) is 0 Å². The molecule has 0 heterocycles. The van der Waals surface area contributed by atoms with Gasteiger partial charge in [0, 0.05) is 12.8 Å². The lowest BCUT2D eigenvalue weighted by Crippen LogP contribution is -2.48. The largest absolute Gasteiger partial charge is 0.465 e. The van der Waals surface area contributed by atoms with Crippen LogP contribution in [0.15, 0.2) is 24.3 Å². The SMILES string of the molecule is COC(=O)c1ccc(C2(NC(=O)C(OC(C)=O)C3CCC3)CC2)cc1. The zero-order valence-corrected chi connectivity index (χ0v) is 14.5. The molecule has 2 aliphatic carbocycles. The lowest BCUT2D eigenvalue weighted by molar-refractivity contribution is -0.160. The van der Waals surface area contributed by atoms with Gasteiger partial charge in [-0.2, -0.15) is 0 Å². The van der Waals surface area contributed by atoms with E-state index in [4.69, 9.17) is 9.47 Å². The smallest absolute Gasteiger partial charge is 0.337 e. The molecule has 134 valence electrons. The van der Waals surface area contributed by atoms with E-state index in [1.165, 1.54) is 14.0 Å². The molecule has 6 heteroatoms. The number of benzene rings is 1. The Morgan fingerprint density at radius 2 is 1.80 bits per heavy atom. The van der Waals surface area contributed by atoms with Crippen molar-refractivity contribution in [3.05, 3.63) is 35.4 Å². The molecule has 1 unspecified atom stereocenters. The Hall–Kier alpha value is -2.37. The number of ether oxygens (including phenoxy) is 2. The van der Waals surface area contributed by atoms with Gasteiger partial charge in [0.25, 0.3) is 5.91 Å². The molecule has 0 spiro atoms. The quantitative estimate of drug-likeness (QED) is 0.800. The topological polar surface area (TPSA) is 81.7 Å². The van der Waals surface area contributed by atoms with Crippen LogP contribution >= 0.6 is 0 Å². The number of rotatable bonds is 6. The van der Waals surface area contributed by atoms with Crippen LogP contribution in [0.2, 0.25) is 0 Å². The Balaban J connectivity index is 1.71. The standard InChI is InChI=1S/C19H23NO5/c1-12(21)25-16(13-4-3-5-13)17(22)20-19(10-11-19)15-8-6-14(7-9-15)18(23)24-2/h6-9,13,16H,3-5,10-11H2,1-2H3,(H,20,22). The molecule has 25 heavy (non-hydrogen) atoms. The first-order valence-corrected chi connectivity index (χ1v) is 8.63. The molecular formula is C19H23NO5. The van der Waals surface area contributed by atoms with Crippen molar-refractivity contribution < 1.29 is 23.9 Å². The minimum Gasteiger partial charge on any atom is -0.465 e. The highest BCUT2D eigenvalue weighted by molar-refractivity contribution is 5.89. The van der Waals surface area contributed by atoms with E-state index in [0.29, 0.717) is 5.56 Å². The van der Waals surface area contributed by atoms with E-state index < -0.39 is 17.6 Å². The van der Waals surface area contributed by atoms with Crippen molar-refractivity contribution in [3.8, 4) is 0 Å². The number of carbonyl (C=O) groups is 3. The van der Waals surface area contributed by atoms with E-state index in [1.54, 1.807) is 12.1 Å². The second kappa shape index (κ2) is 6.86. The summed E-state index contributed by atoms with van der Waals surface area (Å²) < 4.78 is 9.98. The lowest BCUT2D eigenvalue weighted by atomic mass is 9.80. The average Bonchev–Trinajstić information content (AvgIpc) is 3.32. The van der Waals surface area contributed by atoms with Crippen LogP contribution < -0.4 is 5.32 Å². The predicted molar refractivity (Wildman–Crippen MR) is 89.7 cm³/mol. The van der Waals surface area contributed by atoms with E-state index >= 15 is 0 Å². The predicted octanol–water partition coefficient (Wildman–Crippen LogP) is 2.31. The first-order chi connectivity index (χ1) is 11.9. The fourth-order valence-corrected chi connectivity index (χ4v) is 3.25. The molecule has 2 saturated carbocycles. The molecule has 0 radical (unpaired) electrons. The molecule has 1 N–H and O–H groups in total. The number of nitrogens with one attached hydrogen (secondary N) is 1. The fourth-order valence-electron chi connectivity index (χ4n) is 3.25. The maximum atomic E-state index is 12.7. The van der Waals surface area contributed by atoms with Crippen LogP contribution in [0.25, 0.3) is 0 Å². The van der Waals surface area contributed by atoms with Gasteiger partial charge in [-0.05, 0) is 43.4 Å². The zero-order chi connectivity index (χ0) is 18.0. The van der Waals surface area contributed by atoms with Crippen LogP contribution in [0.3, 0.4) is 0 Å². The summed E-state index contributed by atoms with van der Waals surface area (Å²) in [6, 6.07) is 7.07. The second-order valence-electron chi connectivity index (χ2n) is 6.86. The third-order valence-corrected chi connectivity index (χ3v) is 5.10. The summed E-state index contributed by atoms with van der Waals surface area (Å²) in [5, 5.41) is 3.07. The summed E-state index contributed by atoms with van der Waals surface area (Å²) in [6.07, 6.45) is 3.83. The van der Waals surface area contributed by atoms with Gasteiger partial charge in [-0.15, -0.1) is 0 Å². The van der Waals surface area contributed by atoms with Gasteiger partial charge in [0.1, 0.15) is 0 Å². The van der Waals surface area contributed by atoms with Crippen molar-refractivity contribution in [3.63, 3.8) is 0 Å². The molecule has 3 rings (SSSR count). The van der Waals surface area contributed by atoms with Crippen molar-refractivity contribution >= 4 is 17.8 Å². The number of hydrogen-bond acceptors (Lipinski definition) is 5.